The van der Waals surface area contributed by atoms with Crippen LogP contribution in [0.1, 0.15) is 34.0 Å². The monoisotopic (exact) mass is 485 g/mol. The van der Waals surface area contributed by atoms with E-state index < -0.39 is 16.0 Å². The summed E-state index contributed by atoms with van der Waals surface area (Å²) >= 11 is 1.11. The molecule has 0 heterocycles. The molecule has 0 amide bonds. The molecular formula is C25H27NO5S2. The normalized spacial score (nSPS) is 11.4. The molecule has 0 unspecified atom stereocenters. The average Bonchev–Trinajstić information content (AvgIpc) is 2.82. The summed E-state index contributed by atoms with van der Waals surface area (Å²) in [6.45, 7) is 6.24. The predicted molar refractivity (Wildman–Crippen MR) is 130 cm³/mol. The van der Waals surface area contributed by atoms with Crippen LogP contribution in [0.3, 0.4) is 0 Å². The van der Waals surface area contributed by atoms with E-state index in [1.165, 1.54) is 28.5 Å². The number of carbonyl (C=O) groups excluding carboxylic acids is 1. The number of rotatable bonds is 9. The van der Waals surface area contributed by atoms with Crippen LogP contribution in [0.2, 0.25) is 0 Å². The van der Waals surface area contributed by atoms with Gasteiger partial charge in [-0.3, -0.25) is 0 Å². The maximum Gasteiger partial charge on any atom is 0.338 e. The van der Waals surface area contributed by atoms with Crippen LogP contribution in [0.4, 0.5) is 0 Å². The molecule has 0 aliphatic carbocycles. The van der Waals surface area contributed by atoms with Gasteiger partial charge in [-0.2, -0.15) is 0 Å². The molecule has 0 atom stereocenters. The zero-order valence-electron chi connectivity index (χ0n) is 19.1. The van der Waals surface area contributed by atoms with Crippen molar-refractivity contribution >= 4 is 27.9 Å². The summed E-state index contributed by atoms with van der Waals surface area (Å²) in [5.41, 5.74) is 3.15. The van der Waals surface area contributed by atoms with Crippen molar-refractivity contribution in [1.82, 2.24) is 3.71 Å². The second kappa shape index (κ2) is 10.9. The van der Waals surface area contributed by atoms with Gasteiger partial charge in [0.1, 0.15) is 12.4 Å². The standard InChI is InChI=1S/C25H27NO5S2/c1-5-26(33(28,29)23-15-8-19(3)24(16-23)25(27)30-4)32-22-13-11-21(12-14-22)31-17-20-9-6-18(2)7-10-20/h6-16H,5,17H2,1-4H3. The van der Waals surface area contributed by atoms with Gasteiger partial charge < -0.3 is 9.47 Å². The van der Waals surface area contributed by atoms with Crippen molar-refractivity contribution < 1.29 is 22.7 Å². The van der Waals surface area contributed by atoms with Gasteiger partial charge in [-0.1, -0.05) is 42.8 Å². The molecule has 6 nitrogen and oxygen atoms in total. The van der Waals surface area contributed by atoms with Crippen LogP contribution in [0.5, 0.6) is 5.75 Å². The Labute approximate surface area is 199 Å². The zero-order chi connectivity index (χ0) is 24.0. The number of ether oxygens (including phenoxy) is 2. The first-order valence-corrected chi connectivity index (χ1v) is 12.6. The third kappa shape index (κ3) is 6.16. The van der Waals surface area contributed by atoms with Crippen LogP contribution < -0.4 is 4.74 Å². The SMILES string of the molecule is CCN(Sc1ccc(OCc2ccc(C)cc2)cc1)S(=O)(=O)c1ccc(C)c(C(=O)OC)c1. The molecule has 0 saturated heterocycles. The van der Waals surface area contributed by atoms with E-state index in [9.17, 15) is 13.2 Å². The molecule has 174 valence electrons. The van der Waals surface area contributed by atoms with Gasteiger partial charge >= 0.3 is 5.97 Å². The summed E-state index contributed by atoms with van der Waals surface area (Å²) in [6.07, 6.45) is 0. The van der Waals surface area contributed by atoms with E-state index >= 15 is 0 Å². The molecule has 8 heteroatoms. The van der Waals surface area contributed by atoms with E-state index in [2.05, 4.69) is 0 Å². The Morgan fingerprint density at radius 1 is 0.970 bits per heavy atom. The third-order valence-corrected chi connectivity index (χ3v) is 8.40. The molecule has 0 spiro atoms. The summed E-state index contributed by atoms with van der Waals surface area (Å²) in [6, 6.07) is 19.9. The number of carbonyl (C=O) groups is 1. The number of benzene rings is 3. The third-order valence-electron chi connectivity index (χ3n) is 5.00. The first kappa shape index (κ1) is 24.8. The van der Waals surface area contributed by atoms with E-state index in [4.69, 9.17) is 9.47 Å². The van der Waals surface area contributed by atoms with E-state index in [1.807, 2.05) is 55.5 Å². The molecule has 0 fully saturated rings. The Balaban J connectivity index is 1.72. The Hall–Kier alpha value is -2.81. The van der Waals surface area contributed by atoms with Gasteiger partial charge in [0.2, 0.25) is 0 Å². The number of hydrogen-bond acceptors (Lipinski definition) is 6. The fourth-order valence-corrected chi connectivity index (χ4v) is 5.67. The fourth-order valence-electron chi connectivity index (χ4n) is 3.06. The lowest BCUT2D eigenvalue weighted by molar-refractivity contribution is 0.0599. The van der Waals surface area contributed by atoms with E-state index in [0.29, 0.717) is 17.9 Å². The second-order valence-electron chi connectivity index (χ2n) is 7.43. The highest BCUT2D eigenvalue weighted by atomic mass is 32.3. The second-order valence-corrected chi connectivity index (χ2v) is 10.6. The molecule has 0 bridgehead atoms. The summed E-state index contributed by atoms with van der Waals surface area (Å²) in [5, 5.41) is 0. The number of nitrogens with zero attached hydrogens (tertiary/aromatic N) is 1. The molecule has 3 aromatic rings. The van der Waals surface area contributed by atoms with Crippen LogP contribution in [0.25, 0.3) is 0 Å². The Bertz CT molecular complexity index is 1210. The molecule has 0 saturated carbocycles. The Morgan fingerprint density at radius 3 is 2.24 bits per heavy atom. The highest BCUT2D eigenvalue weighted by Crippen LogP contribution is 2.31. The minimum Gasteiger partial charge on any atom is -0.489 e. The summed E-state index contributed by atoms with van der Waals surface area (Å²) < 4.78 is 38.3. The minimum atomic E-state index is -3.83. The first-order chi connectivity index (χ1) is 15.7. The van der Waals surface area contributed by atoms with Gasteiger partial charge in [0.05, 0.1) is 17.6 Å². The van der Waals surface area contributed by atoms with Crippen LogP contribution in [-0.2, 0) is 21.4 Å². The van der Waals surface area contributed by atoms with Gasteiger partial charge in [-0.05, 0) is 73.3 Å². The highest BCUT2D eigenvalue weighted by molar-refractivity contribution is 8.08. The van der Waals surface area contributed by atoms with E-state index in [1.54, 1.807) is 19.9 Å². The van der Waals surface area contributed by atoms with Crippen LogP contribution >= 0.6 is 11.9 Å². The topological polar surface area (TPSA) is 72.9 Å². The summed E-state index contributed by atoms with van der Waals surface area (Å²) in [5.74, 6) is 0.133. The Morgan fingerprint density at radius 2 is 1.64 bits per heavy atom. The predicted octanol–water partition coefficient (Wildman–Crippen LogP) is 5.39. The number of aryl methyl sites for hydroxylation is 2. The Kier molecular flexibility index (Phi) is 8.18. The molecule has 0 aromatic heterocycles. The fraction of sp³-hybridized carbons (Fsp3) is 0.240. The lowest BCUT2D eigenvalue weighted by Gasteiger charge is -2.20. The summed E-state index contributed by atoms with van der Waals surface area (Å²) in [7, 11) is -2.56. The van der Waals surface area contributed by atoms with Crippen LogP contribution in [0.15, 0.2) is 76.5 Å². The quantitative estimate of drug-likeness (QED) is 0.299. The van der Waals surface area contributed by atoms with E-state index in [0.717, 1.165) is 22.4 Å². The van der Waals surface area contributed by atoms with Gasteiger partial charge in [-0.25, -0.2) is 13.2 Å². The van der Waals surface area contributed by atoms with Crippen molar-refractivity contribution in [1.29, 1.82) is 0 Å². The van der Waals surface area contributed by atoms with Crippen molar-refractivity contribution in [2.75, 3.05) is 13.7 Å². The van der Waals surface area contributed by atoms with Crippen molar-refractivity contribution in [3.05, 3.63) is 89.0 Å². The smallest absolute Gasteiger partial charge is 0.338 e. The zero-order valence-corrected chi connectivity index (χ0v) is 20.7. The van der Waals surface area contributed by atoms with Crippen molar-refractivity contribution in [2.45, 2.75) is 37.2 Å². The average molecular weight is 486 g/mol. The summed E-state index contributed by atoms with van der Waals surface area (Å²) in [4.78, 5) is 12.8. The lowest BCUT2D eigenvalue weighted by Crippen LogP contribution is -2.24. The van der Waals surface area contributed by atoms with Gasteiger partial charge in [-0.15, -0.1) is 3.71 Å². The molecule has 0 aliphatic heterocycles. The minimum absolute atomic E-state index is 0.0425. The first-order valence-electron chi connectivity index (χ1n) is 10.4. The van der Waals surface area contributed by atoms with Crippen molar-refractivity contribution in [2.24, 2.45) is 0 Å². The maximum atomic E-state index is 13.2. The molecule has 0 radical (unpaired) electrons. The van der Waals surface area contributed by atoms with Crippen molar-refractivity contribution in [3.63, 3.8) is 0 Å². The highest BCUT2D eigenvalue weighted by Gasteiger charge is 2.26. The molecule has 3 aromatic carbocycles. The number of esters is 1. The van der Waals surface area contributed by atoms with Crippen LogP contribution in [0, 0.1) is 13.8 Å². The van der Waals surface area contributed by atoms with Gasteiger partial charge in [0, 0.05) is 11.4 Å². The largest absolute Gasteiger partial charge is 0.489 e. The molecule has 0 N–H and O–H groups in total. The lowest BCUT2D eigenvalue weighted by atomic mass is 10.1. The molecule has 3 rings (SSSR count). The van der Waals surface area contributed by atoms with Crippen molar-refractivity contribution in [3.8, 4) is 5.75 Å². The van der Waals surface area contributed by atoms with E-state index in [-0.39, 0.29) is 17.0 Å². The molecule has 33 heavy (non-hydrogen) atoms. The molecule has 0 aliphatic rings. The number of methoxy groups -OCH3 is 1. The number of hydrogen-bond donors (Lipinski definition) is 0. The molecular weight excluding hydrogens is 458 g/mol. The maximum absolute atomic E-state index is 13.2. The van der Waals surface area contributed by atoms with Crippen LogP contribution in [-0.4, -0.2) is 31.8 Å². The van der Waals surface area contributed by atoms with Gasteiger partial charge in [0.15, 0.2) is 0 Å². The van der Waals surface area contributed by atoms with Gasteiger partial charge in [0.25, 0.3) is 10.0 Å². The number of sulfonamides is 1.